The molecule has 0 unspecified atom stereocenters. The first-order valence-electron chi connectivity index (χ1n) is 6.07. The Labute approximate surface area is 132 Å². The first-order chi connectivity index (χ1) is 10.1. The number of ether oxygens (including phenoxy) is 1. The van der Waals surface area contributed by atoms with Gasteiger partial charge in [-0.05, 0) is 24.3 Å². The quantitative estimate of drug-likeness (QED) is 0.863. The second kappa shape index (κ2) is 7.33. The van der Waals surface area contributed by atoms with Gasteiger partial charge in [-0.1, -0.05) is 47.2 Å². The highest BCUT2D eigenvalue weighted by Crippen LogP contribution is 2.33. The smallest absolute Gasteiger partial charge is 0.156 e. The number of halogens is 3. The molecule has 5 heteroatoms. The zero-order valence-corrected chi connectivity index (χ0v) is 12.4. The Bertz CT molecular complexity index is 685. The lowest BCUT2D eigenvalue weighted by Crippen LogP contribution is -2.00. The number of aliphatic hydroxyl groups is 1. The van der Waals surface area contributed by atoms with Crippen LogP contribution in [0.5, 0.6) is 5.75 Å². The van der Waals surface area contributed by atoms with E-state index in [1.807, 2.05) is 0 Å². The average molecular weight is 325 g/mol. The van der Waals surface area contributed by atoms with Crippen molar-refractivity contribution in [1.82, 2.24) is 0 Å². The highest BCUT2D eigenvalue weighted by Gasteiger charge is 2.09. The van der Waals surface area contributed by atoms with E-state index in [0.717, 1.165) is 0 Å². The summed E-state index contributed by atoms with van der Waals surface area (Å²) >= 11 is 12.0. The monoisotopic (exact) mass is 324 g/mol. The molecule has 0 aliphatic rings. The Hall–Kier alpha value is -1.73. The molecule has 0 fully saturated rings. The molecule has 0 aromatic heterocycles. The largest absolute Gasteiger partial charge is 0.486 e. The van der Waals surface area contributed by atoms with Crippen LogP contribution in [0.1, 0.15) is 11.1 Å². The Kier molecular flexibility index (Phi) is 5.46. The van der Waals surface area contributed by atoms with Gasteiger partial charge in [-0.3, -0.25) is 0 Å². The van der Waals surface area contributed by atoms with Crippen LogP contribution >= 0.6 is 23.2 Å². The summed E-state index contributed by atoms with van der Waals surface area (Å²) in [5, 5.41) is 9.53. The standard InChI is InChI=1S/C16H11Cl2FO2/c17-14-4-1-5-15(18)16(14)21-10-12-6-7-13(19)9-11(12)3-2-8-20/h1,4-7,9,20H,8,10H2. The van der Waals surface area contributed by atoms with Gasteiger partial charge < -0.3 is 9.84 Å². The highest BCUT2D eigenvalue weighted by atomic mass is 35.5. The van der Waals surface area contributed by atoms with Crippen molar-refractivity contribution < 1.29 is 14.2 Å². The molecule has 0 radical (unpaired) electrons. The maximum Gasteiger partial charge on any atom is 0.156 e. The van der Waals surface area contributed by atoms with Crippen LogP contribution in [0.2, 0.25) is 10.0 Å². The van der Waals surface area contributed by atoms with E-state index in [-0.39, 0.29) is 13.2 Å². The average Bonchev–Trinajstić information content (AvgIpc) is 2.46. The SMILES string of the molecule is OCC#Cc1cc(F)ccc1COc1c(Cl)cccc1Cl. The number of rotatable bonds is 3. The number of aliphatic hydroxyl groups excluding tert-OH is 1. The lowest BCUT2D eigenvalue weighted by Gasteiger charge is -2.11. The van der Waals surface area contributed by atoms with Gasteiger partial charge in [-0.2, -0.15) is 0 Å². The molecule has 0 saturated carbocycles. The minimum absolute atomic E-state index is 0.138. The van der Waals surface area contributed by atoms with Crippen molar-refractivity contribution in [1.29, 1.82) is 0 Å². The summed E-state index contributed by atoms with van der Waals surface area (Å²) in [6.07, 6.45) is 0. The van der Waals surface area contributed by atoms with Gasteiger partial charge in [0.1, 0.15) is 19.0 Å². The predicted molar refractivity (Wildman–Crippen MR) is 81.2 cm³/mol. The Morgan fingerprint density at radius 2 is 1.86 bits per heavy atom. The summed E-state index contributed by atoms with van der Waals surface area (Å²) in [5.74, 6) is 5.13. The third-order valence-corrected chi connectivity index (χ3v) is 3.26. The molecule has 2 nitrogen and oxygen atoms in total. The maximum absolute atomic E-state index is 13.3. The van der Waals surface area contributed by atoms with Crippen LogP contribution in [0.4, 0.5) is 4.39 Å². The Morgan fingerprint density at radius 1 is 1.14 bits per heavy atom. The normalized spacial score (nSPS) is 9.90. The van der Waals surface area contributed by atoms with E-state index in [1.165, 1.54) is 12.1 Å². The number of hydrogen-bond donors (Lipinski definition) is 1. The maximum atomic E-state index is 13.3. The molecule has 0 heterocycles. The van der Waals surface area contributed by atoms with Crippen LogP contribution in [0.15, 0.2) is 36.4 Å². The molecule has 108 valence electrons. The van der Waals surface area contributed by atoms with Crippen LogP contribution in [-0.2, 0) is 6.61 Å². The van der Waals surface area contributed by atoms with E-state index in [9.17, 15) is 4.39 Å². The van der Waals surface area contributed by atoms with Gasteiger partial charge in [-0.15, -0.1) is 0 Å². The Morgan fingerprint density at radius 3 is 2.52 bits per heavy atom. The van der Waals surface area contributed by atoms with Crippen molar-refractivity contribution >= 4 is 23.2 Å². The summed E-state index contributed by atoms with van der Waals surface area (Å²) in [4.78, 5) is 0. The third kappa shape index (κ3) is 4.12. The third-order valence-electron chi connectivity index (χ3n) is 2.66. The van der Waals surface area contributed by atoms with Gasteiger partial charge >= 0.3 is 0 Å². The molecule has 2 rings (SSSR count). The molecule has 0 saturated heterocycles. The minimum Gasteiger partial charge on any atom is -0.486 e. The van der Waals surface area contributed by atoms with E-state index < -0.39 is 5.82 Å². The van der Waals surface area contributed by atoms with Crippen molar-refractivity contribution in [2.45, 2.75) is 6.61 Å². The first-order valence-corrected chi connectivity index (χ1v) is 6.82. The molecule has 2 aromatic carbocycles. The van der Waals surface area contributed by atoms with Gasteiger partial charge in [0.15, 0.2) is 5.75 Å². The number of hydrogen-bond acceptors (Lipinski definition) is 2. The molecule has 0 aliphatic heterocycles. The summed E-state index contributed by atoms with van der Waals surface area (Å²) in [6, 6.07) is 9.22. The van der Waals surface area contributed by atoms with E-state index in [1.54, 1.807) is 24.3 Å². The van der Waals surface area contributed by atoms with Crippen LogP contribution in [0.25, 0.3) is 0 Å². The number of benzene rings is 2. The van der Waals surface area contributed by atoms with Crippen molar-refractivity contribution in [3.8, 4) is 17.6 Å². The predicted octanol–water partition coefficient (Wildman–Crippen LogP) is 4.06. The molecular weight excluding hydrogens is 314 g/mol. The molecule has 0 bridgehead atoms. The van der Waals surface area contributed by atoms with Crippen molar-refractivity contribution in [2.24, 2.45) is 0 Å². The summed E-state index contributed by atoms with van der Waals surface area (Å²) in [7, 11) is 0. The lowest BCUT2D eigenvalue weighted by atomic mass is 10.1. The van der Waals surface area contributed by atoms with Crippen molar-refractivity contribution in [2.75, 3.05) is 6.61 Å². The molecule has 0 aliphatic carbocycles. The molecule has 2 aromatic rings. The van der Waals surface area contributed by atoms with Gasteiger partial charge in [0.2, 0.25) is 0 Å². The van der Waals surface area contributed by atoms with Gasteiger partial charge in [0, 0.05) is 11.1 Å². The number of para-hydroxylation sites is 1. The van der Waals surface area contributed by atoms with Crippen LogP contribution < -0.4 is 4.74 Å². The van der Waals surface area contributed by atoms with E-state index >= 15 is 0 Å². The fourth-order valence-electron chi connectivity index (χ4n) is 1.70. The van der Waals surface area contributed by atoms with Crippen LogP contribution in [-0.4, -0.2) is 11.7 Å². The molecular formula is C16H11Cl2FO2. The van der Waals surface area contributed by atoms with E-state index in [0.29, 0.717) is 26.9 Å². The zero-order valence-electron chi connectivity index (χ0n) is 10.9. The van der Waals surface area contributed by atoms with Crippen LogP contribution in [0.3, 0.4) is 0 Å². The van der Waals surface area contributed by atoms with Crippen molar-refractivity contribution in [3.05, 3.63) is 63.4 Å². The lowest BCUT2D eigenvalue weighted by molar-refractivity contribution is 0.306. The Balaban J connectivity index is 2.24. The second-order valence-electron chi connectivity index (χ2n) is 4.10. The topological polar surface area (TPSA) is 29.5 Å². The molecule has 1 N–H and O–H groups in total. The molecule has 0 amide bonds. The summed E-state index contributed by atoms with van der Waals surface area (Å²) < 4.78 is 18.9. The van der Waals surface area contributed by atoms with Gasteiger partial charge in [0.05, 0.1) is 10.0 Å². The highest BCUT2D eigenvalue weighted by molar-refractivity contribution is 6.37. The molecule has 21 heavy (non-hydrogen) atoms. The first kappa shape index (κ1) is 15.7. The summed E-state index contributed by atoms with van der Waals surface area (Å²) in [5.41, 5.74) is 1.13. The van der Waals surface area contributed by atoms with E-state index in [2.05, 4.69) is 11.8 Å². The van der Waals surface area contributed by atoms with Gasteiger partial charge in [-0.25, -0.2) is 4.39 Å². The van der Waals surface area contributed by atoms with E-state index in [4.69, 9.17) is 33.0 Å². The zero-order chi connectivity index (χ0) is 15.2. The summed E-state index contributed by atoms with van der Waals surface area (Å²) in [6.45, 7) is -0.160. The molecule has 0 atom stereocenters. The van der Waals surface area contributed by atoms with Gasteiger partial charge in [0.25, 0.3) is 0 Å². The fraction of sp³-hybridized carbons (Fsp3) is 0.125. The van der Waals surface area contributed by atoms with Crippen LogP contribution in [0, 0.1) is 17.7 Å². The second-order valence-corrected chi connectivity index (χ2v) is 4.92. The minimum atomic E-state index is -0.406. The van der Waals surface area contributed by atoms with Crippen molar-refractivity contribution in [3.63, 3.8) is 0 Å². The fourth-order valence-corrected chi connectivity index (χ4v) is 2.20. The molecule has 0 spiro atoms.